The van der Waals surface area contributed by atoms with Gasteiger partial charge in [0.2, 0.25) is 0 Å². The minimum atomic E-state index is 0.214. The van der Waals surface area contributed by atoms with Crippen molar-refractivity contribution in [1.82, 2.24) is 20.7 Å². The lowest BCUT2D eigenvalue weighted by atomic mass is 10.0. The fourth-order valence-corrected chi connectivity index (χ4v) is 3.19. The van der Waals surface area contributed by atoms with Crippen molar-refractivity contribution in [2.45, 2.75) is 19.5 Å². The Morgan fingerprint density at radius 2 is 2.00 bits per heavy atom. The lowest BCUT2D eigenvalue weighted by Gasteiger charge is -2.35. The van der Waals surface area contributed by atoms with E-state index in [4.69, 9.17) is 14.0 Å². The summed E-state index contributed by atoms with van der Waals surface area (Å²) < 4.78 is 15.7. The molecule has 1 aromatic heterocycles. The zero-order chi connectivity index (χ0) is 19.6. The largest absolute Gasteiger partial charge is 0.497 e. The highest BCUT2D eigenvalue weighted by atomic mass is 16.5. The lowest BCUT2D eigenvalue weighted by Crippen LogP contribution is -2.46. The average molecular weight is 387 g/mol. The minimum Gasteiger partial charge on any atom is -0.497 e. The molecule has 8 heteroatoms. The molecule has 0 amide bonds. The first-order valence-electron chi connectivity index (χ1n) is 9.67. The molecule has 1 aromatic carbocycles. The van der Waals surface area contributed by atoms with E-state index >= 15 is 0 Å². The summed E-state index contributed by atoms with van der Waals surface area (Å²) >= 11 is 0. The van der Waals surface area contributed by atoms with Crippen LogP contribution in [0.5, 0.6) is 5.75 Å². The van der Waals surface area contributed by atoms with Gasteiger partial charge in [-0.1, -0.05) is 17.3 Å². The standard InChI is InChI=1S/C20H29N5O3/c1-3-21-20(22-14-17-8-11-28-24-17)23-15-19(25-9-12-27-13-10-25)16-4-6-18(26-2)7-5-16/h4-8,11,19H,3,9-10,12-15H2,1-2H3,(H2,21,22,23). The van der Waals surface area contributed by atoms with Gasteiger partial charge in [0.25, 0.3) is 0 Å². The molecule has 0 radical (unpaired) electrons. The second-order valence-corrected chi connectivity index (χ2v) is 6.50. The summed E-state index contributed by atoms with van der Waals surface area (Å²) in [6.07, 6.45) is 1.56. The first-order chi connectivity index (χ1) is 13.8. The SMILES string of the molecule is CCNC(=NCc1ccon1)NCC(c1ccc(OC)cc1)N1CCOCC1. The molecule has 0 spiro atoms. The fraction of sp³-hybridized carbons (Fsp3) is 0.500. The number of rotatable bonds is 8. The molecule has 0 bridgehead atoms. The van der Waals surface area contributed by atoms with E-state index in [-0.39, 0.29) is 6.04 Å². The number of aliphatic imine (C=N–C) groups is 1. The molecule has 1 fully saturated rings. The average Bonchev–Trinajstić information content (AvgIpc) is 3.27. The molecule has 8 nitrogen and oxygen atoms in total. The van der Waals surface area contributed by atoms with E-state index in [1.807, 2.05) is 18.2 Å². The van der Waals surface area contributed by atoms with Crippen LogP contribution in [0.3, 0.4) is 0 Å². The van der Waals surface area contributed by atoms with Gasteiger partial charge in [0.05, 0.1) is 32.9 Å². The number of benzene rings is 1. The van der Waals surface area contributed by atoms with Crippen LogP contribution in [0.15, 0.2) is 46.1 Å². The zero-order valence-electron chi connectivity index (χ0n) is 16.6. The van der Waals surface area contributed by atoms with E-state index in [0.717, 1.165) is 56.8 Å². The normalized spacial score (nSPS) is 16.6. The third-order valence-electron chi connectivity index (χ3n) is 4.68. The highest BCUT2D eigenvalue weighted by molar-refractivity contribution is 5.79. The molecule has 0 saturated carbocycles. The smallest absolute Gasteiger partial charge is 0.191 e. The number of aromatic nitrogens is 1. The highest BCUT2D eigenvalue weighted by Crippen LogP contribution is 2.23. The van der Waals surface area contributed by atoms with Crippen molar-refractivity contribution in [2.24, 2.45) is 4.99 Å². The molecule has 1 unspecified atom stereocenters. The van der Waals surface area contributed by atoms with Crippen molar-refractivity contribution < 1.29 is 14.0 Å². The second-order valence-electron chi connectivity index (χ2n) is 6.50. The summed E-state index contributed by atoms with van der Waals surface area (Å²) in [7, 11) is 1.68. The Labute approximate surface area is 165 Å². The van der Waals surface area contributed by atoms with Crippen molar-refractivity contribution >= 4 is 5.96 Å². The van der Waals surface area contributed by atoms with Crippen molar-refractivity contribution in [3.8, 4) is 5.75 Å². The van der Waals surface area contributed by atoms with Crippen LogP contribution < -0.4 is 15.4 Å². The molecule has 1 saturated heterocycles. The summed E-state index contributed by atoms with van der Waals surface area (Å²) in [4.78, 5) is 7.05. The Balaban J connectivity index is 1.70. The fourth-order valence-electron chi connectivity index (χ4n) is 3.19. The summed E-state index contributed by atoms with van der Waals surface area (Å²) in [5.41, 5.74) is 2.04. The number of methoxy groups -OCH3 is 1. The van der Waals surface area contributed by atoms with Crippen molar-refractivity contribution in [2.75, 3.05) is 46.5 Å². The number of guanidine groups is 1. The Kier molecular flexibility index (Phi) is 7.69. The van der Waals surface area contributed by atoms with Gasteiger partial charge in [0.1, 0.15) is 17.7 Å². The molecule has 2 N–H and O–H groups in total. The number of nitrogens with one attached hydrogen (secondary N) is 2. The van der Waals surface area contributed by atoms with Gasteiger partial charge in [-0.05, 0) is 24.6 Å². The predicted molar refractivity (Wildman–Crippen MR) is 107 cm³/mol. The number of morpholine rings is 1. The molecule has 3 rings (SSSR count). The lowest BCUT2D eigenvalue weighted by molar-refractivity contribution is 0.0170. The predicted octanol–water partition coefficient (Wildman–Crippen LogP) is 1.81. The topological polar surface area (TPSA) is 84.2 Å². The molecule has 2 heterocycles. The van der Waals surface area contributed by atoms with Crippen LogP contribution in [0.25, 0.3) is 0 Å². The molecule has 152 valence electrons. The quantitative estimate of drug-likeness (QED) is 0.528. The van der Waals surface area contributed by atoms with Gasteiger partial charge in [0.15, 0.2) is 5.96 Å². The Hall–Kier alpha value is -2.58. The first-order valence-corrected chi connectivity index (χ1v) is 9.67. The van der Waals surface area contributed by atoms with E-state index in [9.17, 15) is 0 Å². The third-order valence-corrected chi connectivity index (χ3v) is 4.68. The number of hydrogen-bond acceptors (Lipinski definition) is 6. The maximum atomic E-state index is 5.53. The van der Waals surface area contributed by atoms with Crippen LogP contribution in [0.1, 0.15) is 24.2 Å². The summed E-state index contributed by atoms with van der Waals surface area (Å²) in [5, 5.41) is 10.7. The Morgan fingerprint density at radius 3 is 2.64 bits per heavy atom. The number of hydrogen-bond donors (Lipinski definition) is 2. The maximum absolute atomic E-state index is 5.53. The molecular weight excluding hydrogens is 358 g/mol. The van der Waals surface area contributed by atoms with Gasteiger partial charge in [-0.25, -0.2) is 4.99 Å². The summed E-state index contributed by atoms with van der Waals surface area (Å²) in [6, 6.07) is 10.3. The van der Waals surface area contributed by atoms with Crippen molar-refractivity contribution in [1.29, 1.82) is 0 Å². The van der Waals surface area contributed by atoms with Crippen LogP contribution in [-0.4, -0.2) is 62.5 Å². The van der Waals surface area contributed by atoms with Crippen LogP contribution >= 0.6 is 0 Å². The van der Waals surface area contributed by atoms with E-state index in [1.165, 1.54) is 5.56 Å². The number of ether oxygens (including phenoxy) is 2. The van der Waals surface area contributed by atoms with Gasteiger partial charge in [-0.2, -0.15) is 0 Å². The molecule has 1 aliphatic rings. The van der Waals surface area contributed by atoms with E-state index in [0.29, 0.717) is 6.54 Å². The van der Waals surface area contributed by atoms with Gasteiger partial charge in [0, 0.05) is 32.2 Å². The molecule has 1 atom stereocenters. The van der Waals surface area contributed by atoms with E-state index in [1.54, 1.807) is 13.4 Å². The minimum absolute atomic E-state index is 0.214. The van der Waals surface area contributed by atoms with Crippen LogP contribution in [0, 0.1) is 0 Å². The third kappa shape index (κ3) is 5.71. The van der Waals surface area contributed by atoms with Gasteiger partial charge >= 0.3 is 0 Å². The van der Waals surface area contributed by atoms with Crippen LogP contribution in [0.2, 0.25) is 0 Å². The monoisotopic (exact) mass is 387 g/mol. The molecule has 28 heavy (non-hydrogen) atoms. The van der Waals surface area contributed by atoms with Crippen molar-refractivity contribution in [3.05, 3.63) is 47.9 Å². The van der Waals surface area contributed by atoms with Crippen molar-refractivity contribution in [3.63, 3.8) is 0 Å². The van der Waals surface area contributed by atoms with Crippen LogP contribution in [-0.2, 0) is 11.3 Å². The van der Waals surface area contributed by atoms with Crippen LogP contribution in [0.4, 0.5) is 0 Å². The molecule has 2 aromatic rings. The first kappa shape index (κ1) is 20.2. The molecule has 0 aliphatic carbocycles. The Bertz CT molecular complexity index is 712. The number of nitrogens with zero attached hydrogens (tertiary/aromatic N) is 3. The molecule has 1 aliphatic heterocycles. The molecular formula is C20H29N5O3. The van der Waals surface area contributed by atoms with E-state index < -0.39 is 0 Å². The Morgan fingerprint density at radius 1 is 1.21 bits per heavy atom. The van der Waals surface area contributed by atoms with Gasteiger partial charge < -0.3 is 24.6 Å². The van der Waals surface area contributed by atoms with Gasteiger partial charge in [-0.3, -0.25) is 4.90 Å². The van der Waals surface area contributed by atoms with E-state index in [2.05, 4.69) is 44.7 Å². The second kappa shape index (κ2) is 10.7. The highest BCUT2D eigenvalue weighted by Gasteiger charge is 2.23. The van der Waals surface area contributed by atoms with Gasteiger partial charge in [-0.15, -0.1) is 0 Å². The maximum Gasteiger partial charge on any atom is 0.191 e. The summed E-state index contributed by atoms with van der Waals surface area (Å²) in [5.74, 6) is 1.62. The summed E-state index contributed by atoms with van der Waals surface area (Å²) in [6.45, 7) is 7.37. The zero-order valence-corrected chi connectivity index (χ0v) is 16.6.